The van der Waals surface area contributed by atoms with Crippen LogP contribution in [0.4, 0.5) is 5.69 Å². The Kier molecular flexibility index (Phi) is 5.63. The van der Waals surface area contributed by atoms with E-state index in [1.807, 2.05) is 12.1 Å². The van der Waals surface area contributed by atoms with Gasteiger partial charge in [0.25, 0.3) is 5.69 Å². The van der Waals surface area contributed by atoms with Gasteiger partial charge in [0.15, 0.2) is 0 Å². The lowest BCUT2D eigenvalue weighted by Gasteiger charge is -2.14. The largest absolute Gasteiger partial charge is 0.314 e. The van der Waals surface area contributed by atoms with Gasteiger partial charge < -0.3 is 5.32 Å². The van der Waals surface area contributed by atoms with Crippen LogP contribution in [0.1, 0.15) is 32.3 Å². The Morgan fingerprint density at radius 3 is 2.53 bits per heavy atom. The summed E-state index contributed by atoms with van der Waals surface area (Å²) < 4.78 is 0. The summed E-state index contributed by atoms with van der Waals surface area (Å²) >= 11 is 0. The smallest absolute Gasteiger partial charge is 0.272 e. The fourth-order valence-electron chi connectivity index (χ4n) is 1.89. The Labute approximate surface area is 102 Å². The Hall–Kier alpha value is -1.42. The second-order valence-corrected chi connectivity index (χ2v) is 4.10. The SMILES string of the molecule is CCC(CC)NCCc1ccccc1[N+](=O)[O-]. The third-order valence-electron chi connectivity index (χ3n) is 3.00. The normalized spacial score (nSPS) is 10.8. The summed E-state index contributed by atoms with van der Waals surface area (Å²) in [5.74, 6) is 0. The van der Waals surface area contributed by atoms with Gasteiger partial charge in [-0.15, -0.1) is 0 Å². The number of nitro groups is 1. The summed E-state index contributed by atoms with van der Waals surface area (Å²) in [6.45, 7) is 5.08. The van der Waals surface area contributed by atoms with Crippen LogP contribution in [0, 0.1) is 10.1 Å². The van der Waals surface area contributed by atoms with Gasteiger partial charge in [-0.2, -0.15) is 0 Å². The molecule has 94 valence electrons. The summed E-state index contributed by atoms with van der Waals surface area (Å²) in [6, 6.07) is 7.45. The Bertz CT molecular complexity index is 362. The molecule has 1 aromatic carbocycles. The lowest BCUT2D eigenvalue weighted by molar-refractivity contribution is -0.385. The van der Waals surface area contributed by atoms with Gasteiger partial charge in [-0.25, -0.2) is 0 Å². The zero-order valence-electron chi connectivity index (χ0n) is 10.5. The van der Waals surface area contributed by atoms with Crippen molar-refractivity contribution in [3.63, 3.8) is 0 Å². The topological polar surface area (TPSA) is 55.2 Å². The highest BCUT2D eigenvalue weighted by atomic mass is 16.6. The summed E-state index contributed by atoms with van der Waals surface area (Å²) in [7, 11) is 0. The molecule has 0 aliphatic carbocycles. The maximum absolute atomic E-state index is 10.8. The Morgan fingerprint density at radius 2 is 1.94 bits per heavy atom. The molecule has 1 N–H and O–H groups in total. The molecule has 0 unspecified atom stereocenters. The lowest BCUT2D eigenvalue weighted by Crippen LogP contribution is -2.29. The van der Waals surface area contributed by atoms with Crippen LogP contribution in [0.5, 0.6) is 0 Å². The molecule has 0 aliphatic heterocycles. The molecule has 0 spiro atoms. The fraction of sp³-hybridized carbons (Fsp3) is 0.538. The highest BCUT2D eigenvalue weighted by molar-refractivity contribution is 5.39. The van der Waals surface area contributed by atoms with E-state index in [2.05, 4.69) is 19.2 Å². The van der Waals surface area contributed by atoms with E-state index in [1.54, 1.807) is 12.1 Å². The molecule has 4 nitrogen and oxygen atoms in total. The molecule has 17 heavy (non-hydrogen) atoms. The molecular weight excluding hydrogens is 216 g/mol. The third kappa shape index (κ3) is 4.15. The van der Waals surface area contributed by atoms with Crippen molar-refractivity contribution < 1.29 is 4.92 Å². The molecular formula is C13H20N2O2. The summed E-state index contributed by atoms with van der Waals surface area (Å²) in [5, 5.41) is 14.2. The predicted molar refractivity (Wildman–Crippen MR) is 69.2 cm³/mol. The zero-order valence-corrected chi connectivity index (χ0v) is 10.5. The van der Waals surface area contributed by atoms with Gasteiger partial charge in [-0.3, -0.25) is 10.1 Å². The average Bonchev–Trinajstić information content (AvgIpc) is 2.35. The van der Waals surface area contributed by atoms with Gasteiger partial charge >= 0.3 is 0 Å². The Balaban J connectivity index is 2.54. The van der Waals surface area contributed by atoms with Crippen LogP contribution < -0.4 is 5.32 Å². The maximum Gasteiger partial charge on any atom is 0.272 e. The van der Waals surface area contributed by atoms with Gasteiger partial charge in [-0.05, 0) is 25.8 Å². The molecule has 0 heterocycles. The van der Waals surface area contributed by atoms with Crippen LogP contribution in [-0.2, 0) is 6.42 Å². The van der Waals surface area contributed by atoms with E-state index in [1.165, 1.54) is 0 Å². The average molecular weight is 236 g/mol. The monoisotopic (exact) mass is 236 g/mol. The standard InChI is InChI=1S/C13H20N2O2/c1-3-12(4-2)14-10-9-11-7-5-6-8-13(11)15(16)17/h5-8,12,14H,3-4,9-10H2,1-2H3. The van der Waals surface area contributed by atoms with Gasteiger partial charge in [-0.1, -0.05) is 32.0 Å². The van der Waals surface area contributed by atoms with Crippen molar-refractivity contribution in [2.45, 2.75) is 39.2 Å². The molecule has 1 aromatic rings. The van der Waals surface area contributed by atoms with Gasteiger partial charge in [0.05, 0.1) is 4.92 Å². The van der Waals surface area contributed by atoms with E-state index in [4.69, 9.17) is 0 Å². The first-order chi connectivity index (χ1) is 8.19. The molecule has 0 radical (unpaired) electrons. The minimum Gasteiger partial charge on any atom is -0.314 e. The molecule has 0 fully saturated rings. The van der Waals surface area contributed by atoms with Crippen molar-refractivity contribution in [1.29, 1.82) is 0 Å². The molecule has 0 saturated carbocycles. The van der Waals surface area contributed by atoms with Crippen LogP contribution in [0.15, 0.2) is 24.3 Å². The van der Waals surface area contributed by atoms with Crippen LogP contribution >= 0.6 is 0 Å². The minimum absolute atomic E-state index is 0.221. The van der Waals surface area contributed by atoms with Gasteiger partial charge in [0.1, 0.15) is 0 Å². The lowest BCUT2D eigenvalue weighted by atomic mass is 10.1. The Morgan fingerprint density at radius 1 is 1.29 bits per heavy atom. The van der Waals surface area contributed by atoms with Crippen LogP contribution in [-0.4, -0.2) is 17.5 Å². The molecule has 0 amide bonds. The molecule has 0 bridgehead atoms. The number of benzene rings is 1. The minimum atomic E-state index is -0.313. The van der Waals surface area contributed by atoms with E-state index in [9.17, 15) is 10.1 Å². The number of hydrogen-bond donors (Lipinski definition) is 1. The molecule has 4 heteroatoms. The van der Waals surface area contributed by atoms with Crippen molar-refractivity contribution in [1.82, 2.24) is 5.32 Å². The zero-order chi connectivity index (χ0) is 12.7. The van der Waals surface area contributed by atoms with Crippen LogP contribution in [0.25, 0.3) is 0 Å². The van der Waals surface area contributed by atoms with E-state index < -0.39 is 0 Å². The maximum atomic E-state index is 10.8. The van der Waals surface area contributed by atoms with Crippen molar-refractivity contribution in [3.05, 3.63) is 39.9 Å². The van der Waals surface area contributed by atoms with Crippen LogP contribution in [0.3, 0.4) is 0 Å². The van der Waals surface area contributed by atoms with E-state index in [0.29, 0.717) is 12.5 Å². The van der Waals surface area contributed by atoms with Gasteiger partial charge in [0, 0.05) is 17.7 Å². The number of para-hydroxylation sites is 1. The highest BCUT2D eigenvalue weighted by Gasteiger charge is 2.11. The summed E-state index contributed by atoms with van der Waals surface area (Å²) in [4.78, 5) is 10.5. The van der Waals surface area contributed by atoms with Crippen molar-refractivity contribution >= 4 is 5.69 Å². The molecule has 0 atom stereocenters. The number of nitrogens with one attached hydrogen (secondary N) is 1. The second-order valence-electron chi connectivity index (χ2n) is 4.10. The molecule has 0 aromatic heterocycles. The molecule has 0 aliphatic rings. The summed E-state index contributed by atoms with van der Waals surface area (Å²) in [6.07, 6.45) is 2.88. The van der Waals surface area contributed by atoms with Crippen LogP contribution in [0.2, 0.25) is 0 Å². The number of rotatable bonds is 7. The van der Waals surface area contributed by atoms with E-state index in [-0.39, 0.29) is 10.6 Å². The van der Waals surface area contributed by atoms with Crippen molar-refractivity contribution in [3.8, 4) is 0 Å². The summed E-state index contributed by atoms with van der Waals surface area (Å²) in [5.41, 5.74) is 1.02. The van der Waals surface area contributed by atoms with E-state index in [0.717, 1.165) is 24.9 Å². The number of nitrogens with zero attached hydrogens (tertiary/aromatic N) is 1. The third-order valence-corrected chi connectivity index (χ3v) is 3.00. The fourth-order valence-corrected chi connectivity index (χ4v) is 1.89. The van der Waals surface area contributed by atoms with Gasteiger partial charge in [0.2, 0.25) is 0 Å². The first kappa shape index (κ1) is 13.6. The van der Waals surface area contributed by atoms with Crippen molar-refractivity contribution in [2.24, 2.45) is 0 Å². The molecule has 0 saturated heterocycles. The predicted octanol–water partition coefficient (Wildman–Crippen LogP) is 2.92. The second kappa shape index (κ2) is 7.01. The number of nitro benzene ring substituents is 1. The van der Waals surface area contributed by atoms with E-state index >= 15 is 0 Å². The number of hydrogen-bond acceptors (Lipinski definition) is 3. The highest BCUT2D eigenvalue weighted by Crippen LogP contribution is 2.17. The first-order valence-electron chi connectivity index (χ1n) is 6.14. The first-order valence-corrected chi connectivity index (χ1v) is 6.14. The molecule has 1 rings (SSSR count). The van der Waals surface area contributed by atoms with Crippen molar-refractivity contribution in [2.75, 3.05) is 6.54 Å². The quantitative estimate of drug-likeness (QED) is 0.585.